The van der Waals surface area contributed by atoms with Crippen LogP contribution in [0.25, 0.3) is 0 Å². The largest absolute Gasteiger partial charge is 0.369 e. The van der Waals surface area contributed by atoms with E-state index in [2.05, 4.69) is 39.3 Å². The highest BCUT2D eigenvalue weighted by atomic mass is 32.1. The van der Waals surface area contributed by atoms with Gasteiger partial charge in [0, 0.05) is 44.8 Å². The minimum absolute atomic E-state index is 0.103. The number of para-hydroxylation sites is 1. The third kappa shape index (κ3) is 5.29. The number of benzene rings is 2. The van der Waals surface area contributed by atoms with Gasteiger partial charge in [-0.3, -0.25) is 4.79 Å². The Balaban J connectivity index is 1.41. The lowest BCUT2D eigenvalue weighted by molar-refractivity contribution is 0.0954. The predicted octanol–water partition coefficient (Wildman–Crippen LogP) is 3.86. The Labute approximate surface area is 186 Å². The second kappa shape index (κ2) is 9.58. The zero-order valence-corrected chi connectivity index (χ0v) is 18.7. The predicted molar refractivity (Wildman–Crippen MR) is 123 cm³/mol. The summed E-state index contributed by atoms with van der Waals surface area (Å²) in [6, 6.07) is 14.7. The van der Waals surface area contributed by atoms with Gasteiger partial charge in [-0.15, -0.1) is 11.3 Å². The molecule has 1 saturated heterocycles. The van der Waals surface area contributed by atoms with Gasteiger partial charge in [-0.1, -0.05) is 30.3 Å². The molecular weight excluding hydrogens is 411 g/mol. The molecular formula is C24H27FN4OS. The van der Waals surface area contributed by atoms with E-state index in [-0.39, 0.29) is 11.7 Å². The molecule has 1 N–H and O–H groups in total. The number of halogens is 1. The van der Waals surface area contributed by atoms with Crippen LogP contribution in [0, 0.1) is 12.7 Å². The van der Waals surface area contributed by atoms with Gasteiger partial charge in [0.15, 0.2) is 0 Å². The molecule has 7 heteroatoms. The summed E-state index contributed by atoms with van der Waals surface area (Å²) in [5.41, 5.74) is 4.01. The molecule has 0 aliphatic carbocycles. The maximum absolute atomic E-state index is 13.1. The number of hydrogen-bond donors (Lipinski definition) is 1. The third-order valence-corrected chi connectivity index (χ3v) is 6.75. The van der Waals surface area contributed by atoms with Crippen molar-refractivity contribution in [1.82, 2.24) is 15.2 Å². The zero-order valence-electron chi connectivity index (χ0n) is 17.9. The number of carbonyl (C=O) groups excluding carboxylic acids is 1. The van der Waals surface area contributed by atoms with E-state index in [1.54, 1.807) is 12.1 Å². The SMILES string of the molecule is Cc1nc(Cc2ccc(F)cc2)sc1C(=O)NCc1ccccc1N1CCN(C)CC1. The van der Waals surface area contributed by atoms with Crippen molar-refractivity contribution in [3.05, 3.63) is 81.1 Å². The van der Waals surface area contributed by atoms with Crippen LogP contribution in [-0.4, -0.2) is 49.0 Å². The molecule has 1 aromatic heterocycles. The lowest BCUT2D eigenvalue weighted by Gasteiger charge is -2.35. The number of aryl methyl sites for hydroxylation is 1. The Morgan fingerprint density at radius 1 is 1.10 bits per heavy atom. The quantitative estimate of drug-likeness (QED) is 0.635. The summed E-state index contributed by atoms with van der Waals surface area (Å²) in [5.74, 6) is -0.357. The van der Waals surface area contributed by atoms with Crippen molar-refractivity contribution in [3.8, 4) is 0 Å². The molecule has 162 valence electrons. The minimum Gasteiger partial charge on any atom is -0.369 e. The van der Waals surface area contributed by atoms with E-state index in [0.29, 0.717) is 17.8 Å². The van der Waals surface area contributed by atoms with E-state index in [9.17, 15) is 9.18 Å². The first-order valence-electron chi connectivity index (χ1n) is 10.5. The molecule has 0 saturated carbocycles. The smallest absolute Gasteiger partial charge is 0.263 e. The molecule has 1 fully saturated rings. The van der Waals surface area contributed by atoms with Crippen LogP contribution >= 0.6 is 11.3 Å². The maximum Gasteiger partial charge on any atom is 0.263 e. The van der Waals surface area contributed by atoms with Crippen molar-refractivity contribution < 1.29 is 9.18 Å². The topological polar surface area (TPSA) is 48.5 Å². The van der Waals surface area contributed by atoms with Gasteiger partial charge < -0.3 is 15.1 Å². The number of carbonyl (C=O) groups is 1. The molecule has 5 nitrogen and oxygen atoms in total. The fourth-order valence-corrected chi connectivity index (χ4v) is 4.80. The number of likely N-dealkylation sites (N-methyl/N-ethyl adjacent to an activating group) is 1. The van der Waals surface area contributed by atoms with E-state index in [4.69, 9.17) is 0 Å². The van der Waals surface area contributed by atoms with Gasteiger partial charge >= 0.3 is 0 Å². The highest BCUT2D eigenvalue weighted by Crippen LogP contribution is 2.24. The Bertz CT molecular complexity index is 1040. The van der Waals surface area contributed by atoms with Crippen molar-refractivity contribution in [2.24, 2.45) is 0 Å². The highest BCUT2D eigenvalue weighted by Gasteiger charge is 2.19. The zero-order chi connectivity index (χ0) is 21.8. The molecule has 1 aliphatic heterocycles. The van der Waals surface area contributed by atoms with E-state index in [1.165, 1.54) is 29.2 Å². The Morgan fingerprint density at radius 3 is 2.55 bits per heavy atom. The lowest BCUT2D eigenvalue weighted by Crippen LogP contribution is -2.45. The van der Waals surface area contributed by atoms with E-state index in [1.807, 2.05) is 19.1 Å². The van der Waals surface area contributed by atoms with Gasteiger partial charge in [0.1, 0.15) is 10.7 Å². The number of aromatic nitrogens is 1. The summed E-state index contributed by atoms with van der Waals surface area (Å²) in [6.45, 7) is 6.39. The lowest BCUT2D eigenvalue weighted by atomic mass is 10.1. The van der Waals surface area contributed by atoms with Crippen LogP contribution < -0.4 is 10.2 Å². The van der Waals surface area contributed by atoms with Gasteiger partial charge in [0.2, 0.25) is 0 Å². The molecule has 2 heterocycles. The Hall–Kier alpha value is -2.77. The van der Waals surface area contributed by atoms with Crippen molar-refractivity contribution in [2.75, 3.05) is 38.1 Å². The van der Waals surface area contributed by atoms with Crippen molar-refractivity contribution in [2.45, 2.75) is 19.9 Å². The summed E-state index contributed by atoms with van der Waals surface area (Å²) in [4.78, 5) is 22.8. The van der Waals surface area contributed by atoms with Gasteiger partial charge in [0.25, 0.3) is 5.91 Å². The number of nitrogens with one attached hydrogen (secondary N) is 1. The highest BCUT2D eigenvalue weighted by molar-refractivity contribution is 7.13. The molecule has 3 aromatic rings. The number of piperazine rings is 1. The fraction of sp³-hybridized carbons (Fsp3) is 0.333. The number of hydrogen-bond acceptors (Lipinski definition) is 5. The number of anilines is 1. The molecule has 4 rings (SSSR count). The molecule has 31 heavy (non-hydrogen) atoms. The summed E-state index contributed by atoms with van der Waals surface area (Å²) >= 11 is 1.40. The van der Waals surface area contributed by atoms with Crippen LogP contribution in [0.3, 0.4) is 0 Å². The first-order valence-corrected chi connectivity index (χ1v) is 11.3. The van der Waals surface area contributed by atoms with E-state index >= 15 is 0 Å². The standard InChI is InChI=1S/C24H27FN4OS/c1-17-23(31-22(27-17)15-18-7-9-20(25)10-8-18)24(30)26-16-19-5-3-4-6-21(19)29-13-11-28(2)12-14-29/h3-10H,11-16H2,1-2H3,(H,26,30). The first kappa shape index (κ1) is 21.5. The van der Waals surface area contributed by atoms with Crippen LogP contribution in [-0.2, 0) is 13.0 Å². The third-order valence-electron chi connectivity index (χ3n) is 5.59. The maximum atomic E-state index is 13.1. The molecule has 0 atom stereocenters. The number of nitrogens with zero attached hydrogens (tertiary/aromatic N) is 3. The summed E-state index contributed by atoms with van der Waals surface area (Å²) in [7, 11) is 2.14. The Morgan fingerprint density at radius 2 is 1.81 bits per heavy atom. The normalized spacial score (nSPS) is 14.6. The average molecular weight is 439 g/mol. The number of amides is 1. The molecule has 1 aliphatic rings. The van der Waals surface area contributed by atoms with Crippen molar-refractivity contribution in [1.29, 1.82) is 0 Å². The van der Waals surface area contributed by atoms with Crippen LogP contribution in [0.15, 0.2) is 48.5 Å². The van der Waals surface area contributed by atoms with E-state index < -0.39 is 0 Å². The Kier molecular flexibility index (Phi) is 6.63. The van der Waals surface area contributed by atoms with Gasteiger partial charge in [-0.05, 0) is 43.3 Å². The molecule has 0 spiro atoms. The van der Waals surface area contributed by atoms with Gasteiger partial charge in [-0.25, -0.2) is 9.37 Å². The molecule has 0 unspecified atom stereocenters. The average Bonchev–Trinajstić information content (AvgIpc) is 3.14. The van der Waals surface area contributed by atoms with Crippen LogP contribution in [0.5, 0.6) is 0 Å². The van der Waals surface area contributed by atoms with Crippen molar-refractivity contribution >= 4 is 22.9 Å². The van der Waals surface area contributed by atoms with Crippen LogP contribution in [0.1, 0.15) is 31.5 Å². The van der Waals surface area contributed by atoms with Gasteiger partial charge in [0.05, 0.1) is 10.7 Å². The molecule has 0 bridgehead atoms. The van der Waals surface area contributed by atoms with Crippen LogP contribution in [0.2, 0.25) is 0 Å². The summed E-state index contributed by atoms with van der Waals surface area (Å²) in [6.07, 6.45) is 0.589. The molecule has 0 radical (unpaired) electrons. The summed E-state index contributed by atoms with van der Waals surface area (Å²) < 4.78 is 13.1. The molecule has 2 aromatic carbocycles. The fourth-order valence-electron chi connectivity index (χ4n) is 3.79. The first-order chi connectivity index (χ1) is 15.0. The van der Waals surface area contributed by atoms with Crippen molar-refractivity contribution in [3.63, 3.8) is 0 Å². The van der Waals surface area contributed by atoms with E-state index in [0.717, 1.165) is 48.0 Å². The minimum atomic E-state index is -0.254. The monoisotopic (exact) mass is 438 g/mol. The second-order valence-electron chi connectivity index (χ2n) is 7.93. The summed E-state index contributed by atoms with van der Waals surface area (Å²) in [5, 5.41) is 3.93. The molecule has 1 amide bonds. The second-order valence-corrected chi connectivity index (χ2v) is 9.01. The van der Waals surface area contributed by atoms with Gasteiger partial charge in [-0.2, -0.15) is 0 Å². The van der Waals surface area contributed by atoms with Crippen LogP contribution in [0.4, 0.5) is 10.1 Å². The number of rotatable bonds is 6. The number of thiazole rings is 1.